The minimum Gasteiger partial charge on any atom is -0.351 e. The van der Waals surface area contributed by atoms with Crippen LogP contribution in [0.1, 0.15) is 11.9 Å². The first kappa shape index (κ1) is 16.5. The maximum Gasteiger partial charge on any atom is 0.267 e. The van der Waals surface area contributed by atoms with E-state index in [4.69, 9.17) is 0 Å². The highest BCUT2D eigenvalue weighted by molar-refractivity contribution is 5.58. The second kappa shape index (κ2) is 6.22. The summed E-state index contributed by atoms with van der Waals surface area (Å²) in [5.74, 6) is 1.17. The third-order valence-corrected chi connectivity index (χ3v) is 4.88. The van der Waals surface area contributed by atoms with Crippen molar-refractivity contribution in [2.24, 2.45) is 0 Å². The lowest BCUT2D eigenvalue weighted by atomic mass is 10.1. The van der Waals surface area contributed by atoms with E-state index >= 15 is 0 Å². The smallest absolute Gasteiger partial charge is 0.267 e. The largest absolute Gasteiger partial charge is 0.351 e. The summed E-state index contributed by atoms with van der Waals surface area (Å²) in [7, 11) is 0. The molecule has 0 spiro atoms. The standard InChI is InChI=1S/C19H16FN7O/c1-12-21-22-17-6-7-18(24-26(12)17)25-10-15(11-25)27-19(28)8-5-16(23-27)13-3-2-4-14(20)9-13/h2-9,15H,10-11H2,1H3. The van der Waals surface area contributed by atoms with Gasteiger partial charge < -0.3 is 4.90 Å². The second-order valence-corrected chi connectivity index (χ2v) is 6.78. The molecular formula is C19H16FN7O. The minimum absolute atomic E-state index is 0.0690. The predicted octanol–water partition coefficient (Wildman–Crippen LogP) is 1.86. The van der Waals surface area contributed by atoms with Crippen molar-refractivity contribution >= 4 is 11.5 Å². The minimum atomic E-state index is -0.336. The van der Waals surface area contributed by atoms with Gasteiger partial charge in [-0.05, 0) is 37.3 Å². The molecule has 0 saturated carbocycles. The highest BCUT2D eigenvalue weighted by Gasteiger charge is 2.31. The molecule has 1 aromatic carbocycles. The first-order valence-corrected chi connectivity index (χ1v) is 8.88. The molecular weight excluding hydrogens is 361 g/mol. The van der Waals surface area contributed by atoms with Crippen molar-refractivity contribution in [3.63, 3.8) is 0 Å². The van der Waals surface area contributed by atoms with Crippen molar-refractivity contribution in [1.82, 2.24) is 29.6 Å². The molecule has 9 heteroatoms. The van der Waals surface area contributed by atoms with Crippen molar-refractivity contribution in [1.29, 1.82) is 0 Å². The van der Waals surface area contributed by atoms with Crippen LogP contribution in [0.4, 0.5) is 10.2 Å². The number of aryl methyl sites for hydroxylation is 1. The van der Waals surface area contributed by atoms with E-state index in [1.54, 1.807) is 22.7 Å². The van der Waals surface area contributed by atoms with Crippen LogP contribution in [0, 0.1) is 12.7 Å². The summed E-state index contributed by atoms with van der Waals surface area (Å²) in [6.07, 6.45) is 0. The topological polar surface area (TPSA) is 81.2 Å². The molecule has 8 nitrogen and oxygen atoms in total. The van der Waals surface area contributed by atoms with Crippen molar-refractivity contribution in [3.8, 4) is 11.3 Å². The quantitative estimate of drug-likeness (QED) is 0.542. The molecule has 0 N–H and O–H groups in total. The van der Waals surface area contributed by atoms with Gasteiger partial charge in [-0.15, -0.1) is 15.3 Å². The summed E-state index contributed by atoms with van der Waals surface area (Å²) >= 11 is 0. The molecule has 4 heterocycles. The average molecular weight is 377 g/mol. The van der Waals surface area contributed by atoms with E-state index in [0.717, 1.165) is 11.6 Å². The first-order valence-electron chi connectivity index (χ1n) is 8.88. The summed E-state index contributed by atoms with van der Waals surface area (Å²) in [4.78, 5) is 14.4. The fourth-order valence-electron chi connectivity index (χ4n) is 3.34. The zero-order chi connectivity index (χ0) is 19.3. The van der Waals surface area contributed by atoms with E-state index < -0.39 is 0 Å². The lowest BCUT2D eigenvalue weighted by Gasteiger charge is -2.40. The van der Waals surface area contributed by atoms with Crippen molar-refractivity contribution in [3.05, 3.63) is 70.5 Å². The van der Waals surface area contributed by atoms with Crippen molar-refractivity contribution in [2.75, 3.05) is 18.0 Å². The van der Waals surface area contributed by atoms with Gasteiger partial charge in [0.05, 0.1) is 11.7 Å². The molecule has 0 radical (unpaired) electrons. The van der Waals surface area contributed by atoms with Gasteiger partial charge in [0.2, 0.25) is 0 Å². The van der Waals surface area contributed by atoms with Gasteiger partial charge in [0.1, 0.15) is 11.6 Å². The second-order valence-electron chi connectivity index (χ2n) is 6.78. The molecule has 0 unspecified atom stereocenters. The molecule has 0 atom stereocenters. The van der Waals surface area contributed by atoms with E-state index in [2.05, 4.69) is 25.3 Å². The van der Waals surface area contributed by atoms with Crippen molar-refractivity contribution in [2.45, 2.75) is 13.0 Å². The van der Waals surface area contributed by atoms with E-state index in [1.165, 1.54) is 22.9 Å². The molecule has 4 aromatic rings. The van der Waals surface area contributed by atoms with Gasteiger partial charge >= 0.3 is 0 Å². The van der Waals surface area contributed by atoms with Gasteiger partial charge in [-0.3, -0.25) is 4.79 Å². The van der Waals surface area contributed by atoms with Gasteiger partial charge in [0.15, 0.2) is 11.5 Å². The van der Waals surface area contributed by atoms with Gasteiger partial charge in [0.25, 0.3) is 5.56 Å². The van der Waals surface area contributed by atoms with Crippen LogP contribution < -0.4 is 10.5 Å². The van der Waals surface area contributed by atoms with Gasteiger partial charge in [-0.25, -0.2) is 9.07 Å². The summed E-state index contributed by atoms with van der Waals surface area (Å²) in [5, 5.41) is 17.0. The van der Waals surface area contributed by atoms with Crippen LogP contribution >= 0.6 is 0 Å². The van der Waals surface area contributed by atoms with Crippen LogP contribution in [0.5, 0.6) is 0 Å². The van der Waals surface area contributed by atoms with Crippen LogP contribution in [0.2, 0.25) is 0 Å². The number of fused-ring (bicyclic) bond motifs is 1. The van der Waals surface area contributed by atoms with Gasteiger partial charge in [-0.1, -0.05) is 12.1 Å². The molecule has 1 fully saturated rings. The first-order chi connectivity index (χ1) is 13.6. The van der Waals surface area contributed by atoms with Gasteiger partial charge in [-0.2, -0.15) is 9.61 Å². The third-order valence-electron chi connectivity index (χ3n) is 4.88. The Labute approximate surface area is 158 Å². The highest BCUT2D eigenvalue weighted by Crippen LogP contribution is 2.26. The van der Waals surface area contributed by atoms with Crippen LogP contribution in [0.15, 0.2) is 53.3 Å². The van der Waals surface area contributed by atoms with Crippen LogP contribution in [0.3, 0.4) is 0 Å². The molecule has 5 rings (SSSR count). The maximum absolute atomic E-state index is 13.5. The highest BCUT2D eigenvalue weighted by atomic mass is 19.1. The Morgan fingerprint density at radius 3 is 2.71 bits per heavy atom. The number of hydrogen-bond acceptors (Lipinski definition) is 6. The monoisotopic (exact) mass is 377 g/mol. The lowest BCUT2D eigenvalue weighted by molar-refractivity contribution is 0.352. The maximum atomic E-state index is 13.5. The summed E-state index contributed by atoms with van der Waals surface area (Å²) in [6.45, 7) is 3.06. The predicted molar refractivity (Wildman–Crippen MR) is 101 cm³/mol. The molecule has 3 aromatic heterocycles. The molecule has 1 aliphatic heterocycles. The molecule has 0 amide bonds. The normalized spacial score (nSPS) is 14.4. The molecule has 1 saturated heterocycles. The Hall–Kier alpha value is -3.62. The van der Waals surface area contributed by atoms with Crippen LogP contribution in [-0.4, -0.2) is 42.7 Å². The Morgan fingerprint density at radius 1 is 1.04 bits per heavy atom. The van der Waals surface area contributed by atoms with E-state index in [1.807, 2.05) is 19.1 Å². The summed E-state index contributed by atoms with van der Waals surface area (Å²) in [5.41, 5.74) is 1.72. The van der Waals surface area contributed by atoms with E-state index in [-0.39, 0.29) is 17.4 Å². The lowest BCUT2D eigenvalue weighted by Crippen LogP contribution is -2.51. The number of anilines is 1. The number of aromatic nitrogens is 6. The zero-order valence-electron chi connectivity index (χ0n) is 15.0. The fraction of sp³-hybridized carbons (Fsp3) is 0.211. The molecule has 0 aliphatic carbocycles. The van der Waals surface area contributed by atoms with Gasteiger partial charge in [0, 0.05) is 24.7 Å². The van der Waals surface area contributed by atoms with Crippen molar-refractivity contribution < 1.29 is 4.39 Å². The fourth-order valence-corrected chi connectivity index (χ4v) is 3.34. The molecule has 28 heavy (non-hydrogen) atoms. The SMILES string of the molecule is Cc1nnc2ccc(N3CC(n4nc(-c5cccc(F)c5)ccc4=O)C3)nn12. The number of halogens is 1. The third kappa shape index (κ3) is 2.72. The van der Waals surface area contributed by atoms with Crippen LogP contribution in [0.25, 0.3) is 16.9 Å². The Kier molecular flexibility index (Phi) is 3.68. The van der Waals surface area contributed by atoms with E-state index in [0.29, 0.717) is 30.0 Å². The summed E-state index contributed by atoms with van der Waals surface area (Å²) in [6, 6.07) is 13.0. The van der Waals surface area contributed by atoms with E-state index in [9.17, 15) is 9.18 Å². The van der Waals surface area contributed by atoms with Crippen LogP contribution in [-0.2, 0) is 0 Å². The molecule has 0 bridgehead atoms. The number of benzene rings is 1. The number of rotatable bonds is 3. The Morgan fingerprint density at radius 2 is 1.89 bits per heavy atom. The Bertz CT molecular complexity index is 1240. The zero-order valence-corrected chi connectivity index (χ0v) is 15.0. The number of nitrogens with zero attached hydrogens (tertiary/aromatic N) is 7. The Balaban J connectivity index is 1.40. The summed E-state index contributed by atoms with van der Waals surface area (Å²) < 4.78 is 16.7. The molecule has 1 aliphatic rings. The average Bonchev–Trinajstić information content (AvgIpc) is 3.03. The molecule has 140 valence electrons. The number of hydrogen-bond donors (Lipinski definition) is 0.